The number of aromatic carboxylic acids is 1. The van der Waals surface area contributed by atoms with Gasteiger partial charge in [-0.25, -0.2) is 23.2 Å². The molecule has 10 nitrogen and oxygen atoms in total. The zero-order chi connectivity index (χ0) is 26.3. The number of carboxylic acid groups (broad SMARTS) is 1. The average molecular weight is 535 g/mol. The number of amides is 2. The molecule has 0 bridgehead atoms. The molecule has 5 rings (SSSR count). The number of carbonyl (C=O) groups excluding carboxylic acids is 2. The summed E-state index contributed by atoms with van der Waals surface area (Å²) in [5, 5.41) is 15.2. The third-order valence-electron chi connectivity index (χ3n) is 5.84. The summed E-state index contributed by atoms with van der Waals surface area (Å²) in [5.41, 5.74) is 0.859. The van der Waals surface area contributed by atoms with Gasteiger partial charge in [0.1, 0.15) is 5.01 Å². The van der Waals surface area contributed by atoms with E-state index in [4.69, 9.17) is 0 Å². The van der Waals surface area contributed by atoms with Crippen molar-refractivity contribution in [3.05, 3.63) is 88.2 Å². The van der Waals surface area contributed by atoms with Crippen LogP contribution in [0.1, 0.15) is 41.6 Å². The summed E-state index contributed by atoms with van der Waals surface area (Å²) >= 11 is 1.21. The van der Waals surface area contributed by atoms with Crippen molar-refractivity contribution in [2.75, 3.05) is 5.32 Å². The molecule has 2 amide bonds. The van der Waals surface area contributed by atoms with E-state index >= 15 is 0 Å². The minimum Gasteiger partial charge on any atom is -0.476 e. The number of fused-ring (bicyclic) bond motifs is 2. The summed E-state index contributed by atoms with van der Waals surface area (Å²) in [6.07, 6.45) is 2.92. The second-order valence-electron chi connectivity index (χ2n) is 8.08. The molecule has 3 heterocycles. The van der Waals surface area contributed by atoms with E-state index in [9.17, 15) is 27.9 Å². The van der Waals surface area contributed by atoms with Crippen molar-refractivity contribution >= 4 is 44.6 Å². The van der Waals surface area contributed by atoms with Gasteiger partial charge in [0.05, 0.1) is 27.6 Å². The van der Waals surface area contributed by atoms with Crippen molar-refractivity contribution in [3.63, 3.8) is 0 Å². The third kappa shape index (κ3) is 4.26. The van der Waals surface area contributed by atoms with Gasteiger partial charge in [0, 0.05) is 28.4 Å². The second-order valence-corrected chi connectivity index (χ2v) is 11.1. The zero-order valence-electron chi connectivity index (χ0n) is 19.2. The van der Waals surface area contributed by atoms with E-state index in [2.05, 4.69) is 20.6 Å². The van der Waals surface area contributed by atoms with E-state index in [-0.39, 0.29) is 38.8 Å². The largest absolute Gasteiger partial charge is 0.476 e. The van der Waals surface area contributed by atoms with Crippen LogP contribution in [0.25, 0.3) is 10.6 Å². The normalized spacial score (nSPS) is 13.6. The number of carboxylic acids is 1. The number of thiazole rings is 1. The topological polar surface area (TPSA) is 155 Å². The molecule has 0 fully saturated rings. The first-order valence-corrected chi connectivity index (χ1v) is 13.2. The van der Waals surface area contributed by atoms with Crippen LogP contribution in [-0.2, 0) is 16.4 Å². The van der Waals surface area contributed by atoms with Gasteiger partial charge in [-0.15, -0.1) is 11.3 Å². The van der Waals surface area contributed by atoms with Gasteiger partial charge in [-0.05, 0) is 48.9 Å². The van der Waals surface area contributed by atoms with Crippen molar-refractivity contribution in [1.82, 2.24) is 15.3 Å². The lowest BCUT2D eigenvalue weighted by atomic mass is 10.1. The van der Waals surface area contributed by atoms with Crippen molar-refractivity contribution in [3.8, 4) is 10.6 Å². The van der Waals surface area contributed by atoms with Crippen LogP contribution in [0, 0.1) is 6.92 Å². The fraction of sp³-hybridized carbons (Fsp3) is 0.0800. The number of hydrogen-bond acceptors (Lipinski definition) is 8. The van der Waals surface area contributed by atoms with E-state index in [1.54, 1.807) is 31.2 Å². The molecule has 0 unspecified atom stereocenters. The van der Waals surface area contributed by atoms with Crippen LogP contribution < -0.4 is 10.6 Å². The molecule has 0 aliphatic carbocycles. The predicted molar refractivity (Wildman–Crippen MR) is 135 cm³/mol. The van der Waals surface area contributed by atoms with Gasteiger partial charge in [-0.2, -0.15) is 0 Å². The lowest BCUT2D eigenvalue weighted by Crippen LogP contribution is -2.24. The molecule has 0 atom stereocenters. The van der Waals surface area contributed by atoms with E-state index < -0.39 is 27.6 Å². The number of hydrogen-bond donors (Lipinski definition) is 3. The summed E-state index contributed by atoms with van der Waals surface area (Å²) in [6.45, 7) is 1.67. The molecular weight excluding hydrogens is 516 g/mol. The fourth-order valence-electron chi connectivity index (χ4n) is 4.02. The van der Waals surface area contributed by atoms with Crippen LogP contribution in [0.3, 0.4) is 0 Å². The molecule has 37 heavy (non-hydrogen) atoms. The van der Waals surface area contributed by atoms with Gasteiger partial charge >= 0.3 is 5.97 Å². The van der Waals surface area contributed by atoms with E-state index in [1.165, 1.54) is 48.0 Å². The number of pyridine rings is 1. The lowest BCUT2D eigenvalue weighted by Gasteiger charge is -2.14. The minimum atomic E-state index is -3.99. The molecule has 0 spiro atoms. The maximum Gasteiger partial charge on any atom is 0.355 e. The highest BCUT2D eigenvalue weighted by molar-refractivity contribution is 7.91. The Bertz CT molecular complexity index is 1710. The smallest absolute Gasteiger partial charge is 0.355 e. The molecular formula is C25H18N4O6S2. The molecule has 12 heteroatoms. The molecule has 1 aliphatic rings. The van der Waals surface area contributed by atoms with Gasteiger partial charge in [0.15, 0.2) is 5.69 Å². The fourth-order valence-corrected chi connectivity index (χ4v) is 6.57. The first kappa shape index (κ1) is 24.3. The third-order valence-corrected chi connectivity index (χ3v) is 8.72. The van der Waals surface area contributed by atoms with Gasteiger partial charge in [0.2, 0.25) is 9.84 Å². The molecule has 1 aliphatic heterocycles. The van der Waals surface area contributed by atoms with Gasteiger partial charge in [-0.3, -0.25) is 9.59 Å². The number of aromatic nitrogens is 2. The second kappa shape index (κ2) is 9.22. The van der Waals surface area contributed by atoms with Gasteiger partial charge in [0.25, 0.3) is 11.8 Å². The van der Waals surface area contributed by atoms with Gasteiger partial charge < -0.3 is 15.7 Å². The number of rotatable bonds is 5. The lowest BCUT2D eigenvalue weighted by molar-refractivity contribution is 0.0691. The number of carbonyl (C=O) groups is 3. The molecule has 0 radical (unpaired) electrons. The van der Waals surface area contributed by atoms with E-state index in [1.807, 2.05) is 0 Å². The Morgan fingerprint density at radius 1 is 1.03 bits per heavy atom. The van der Waals surface area contributed by atoms with E-state index in [0.29, 0.717) is 21.0 Å². The number of benzene rings is 2. The Balaban J connectivity index is 1.40. The highest BCUT2D eigenvalue weighted by Gasteiger charge is 2.33. The predicted octanol–water partition coefficient (Wildman–Crippen LogP) is 3.54. The maximum atomic E-state index is 13.3. The summed E-state index contributed by atoms with van der Waals surface area (Å²) in [6, 6.07) is 11.9. The molecule has 0 saturated carbocycles. The summed E-state index contributed by atoms with van der Waals surface area (Å²) in [5.74, 6) is -2.22. The highest BCUT2D eigenvalue weighted by atomic mass is 32.2. The maximum absolute atomic E-state index is 13.3. The zero-order valence-corrected chi connectivity index (χ0v) is 20.8. The van der Waals surface area contributed by atoms with Crippen LogP contribution in [-0.4, -0.2) is 41.3 Å². The summed E-state index contributed by atoms with van der Waals surface area (Å²) < 4.78 is 26.5. The molecule has 2 aromatic carbocycles. The van der Waals surface area contributed by atoms with Crippen molar-refractivity contribution < 1.29 is 27.9 Å². The average Bonchev–Trinajstić information content (AvgIpc) is 3.34. The highest BCUT2D eigenvalue weighted by Crippen LogP contribution is 2.36. The van der Waals surface area contributed by atoms with Crippen LogP contribution >= 0.6 is 11.3 Å². The van der Waals surface area contributed by atoms with Crippen LogP contribution in [0.5, 0.6) is 0 Å². The van der Waals surface area contributed by atoms with Crippen molar-refractivity contribution in [1.29, 1.82) is 0 Å². The van der Waals surface area contributed by atoms with Crippen LogP contribution in [0.4, 0.5) is 5.69 Å². The number of sulfone groups is 1. The molecule has 3 N–H and O–H groups in total. The quantitative estimate of drug-likeness (QED) is 0.351. The Labute approximate surface area is 215 Å². The molecule has 0 saturated heterocycles. The van der Waals surface area contributed by atoms with Crippen molar-refractivity contribution in [2.45, 2.75) is 23.3 Å². The molecule has 4 aromatic rings. The minimum absolute atomic E-state index is 0.0322. The Kier molecular flexibility index (Phi) is 6.05. The van der Waals surface area contributed by atoms with Gasteiger partial charge in [-0.1, -0.05) is 12.1 Å². The Hall–Kier alpha value is -4.42. The first-order valence-electron chi connectivity index (χ1n) is 10.9. The number of anilines is 1. The van der Waals surface area contributed by atoms with Crippen LogP contribution in [0.15, 0.2) is 70.7 Å². The number of nitrogens with zero attached hydrogens (tertiary/aromatic N) is 2. The Morgan fingerprint density at radius 2 is 1.78 bits per heavy atom. The SMILES string of the molecule is Cc1c(C(=O)NCc2cnc(-c3cccnc3C(=O)O)s2)ccc2c1NC(=O)c1ccccc1S2(=O)=O. The van der Waals surface area contributed by atoms with Crippen LogP contribution in [0.2, 0.25) is 0 Å². The molecule has 2 aromatic heterocycles. The van der Waals surface area contributed by atoms with E-state index in [0.717, 1.165) is 0 Å². The first-order chi connectivity index (χ1) is 17.7. The molecule has 186 valence electrons. The summed E-state index contributed by atoms with van der Waals surface area (Å²) in [4.78, 5) is 45.9. The Morgan fingerprint density at radius 3 is 2.57 bits per heavy atom. The van der Waals surface area contributed by atoms with Crippen molar-refractivity contribution in [2.24, 2.45) is 0 Å². The standard InChI is InChI=1S/C25H18N4O6S2/c1-13-15(8-9-19-20(13)29-23(31)16-5-2-3-7-18(16)37(19,34)35)22(30)27-11-14-12-28-24(36-14)17-6-4-10-26-21(17)25(32)33/h2-10,12H,11H2,1H3,(H,27,30)(H,29,31)(H,32,33). The summed E-state index contributed by atoms with van der Waals surface area (Å²) in [7, 11) is -3.99. The monoisotopic (exact) mass is 534 g/mol. The number of nitrogens with one attached hydrogen (secondary N) is 2.